The van der Waals surface area contributed by atoms with Crippen molar-refractivity contribution >= 4 is 44.6 Å². The third-order valence-corrected chi connectivity index (χ3v) is 6.05. The number of aryl methyl sites for hydroxylation is 1. The molecule has 0 aliphatic carbocycles. The van der Waals surface area contributed by atoms with E-state index in [2.05, 4.69) is 4.57 Å². The summed E-state index contributed by atoms with van der Waals surface area (Å²) < 4.78 is 25.0. The average molecular weight is 443 g/mol. The highest BCUT2D eigenvalue weighted by molar-refractivity contribution is 7.90. The summed E-state index contributed by atoms with van der Waals surface area (Å²) >= 11 is 18.5. The maximum absolute atomic E-state index is 11.5. The van der Waals surface area contributed by atoms with Crippen molar-refractivity contribution in [1.29, 1.82) is 0 Å². The Bertz CT molecular complexity index is 1060. The first-order valence-corrected chi connectivity index (χ1v) is 11.5. The Balaban J connectivity index is 2.06. The molecule has 0 N–H and O–H groups in total. The number of hydrogen-bond acceptors (Lipinski definition) is 2. The lowest BCUT2D eigenvalue weighted by atomic mass is 10.0. The van der Waals surface area contributed by atoms with Crippen LogP contribution in [0.4, 0.5) is 0 Å². The lowest BCUT2D eigenvalue weighted by Gasteiger charge is -2.13. The maximum atomic E-state index is 11.5. The van der Waals surface area contributed by atoms with Gasteiger partial charge in [-0.1, -0.05) is 53.0 Å². The van der Waals surface area contributed by atoms with E-state index in [1.165, 1.54) is 6.26 Å². The number of rotatable bonds is 6. The van der Waals surface area contributed by atoms with Gasteiger partial charge >= 0.3 is 0 Å². The maximum Gasteiger partial charge on any atom is 0.147 e. The largest absolute Gasteiger partial charge is 0.347 e. The molecular weight excluding hydrogens is 425 g/mol. The second-order valence-electron chi connectivity index (χ2n) is 6.39. The van der Waals surface area contributed by atoms with E-state index in [0.717, 1.165) is 22.4 Å². The minimum absolute atomic E-state index is 0.141. The van der Waals surface area contributed by atoms with Crippen LogP contribution in [0.15, 0.2) is 54.7 Å². The molecule has 142 valence electrons. The fourth-order valence-electron chi connectivity index (χ4n) is 3.01. The highest BCUT2D eigenvalue weighted by atomic mass is 35.5. The second kappa shape index (κ2) is 8.27. The first-order chi connectivity index (χ1) is 12.7. The molecule has 0 saturated carbocycles. The van der Waals surface area contributed by atoms with Crippen molar-refractivity contribution in [3.63, 3.8) is 0 Å². The van der Waals surface area contributed by atoms with E-state index in [1.54, 1.807) is 12.1 Å². The molecule has 1 heterocycles. The Kier molecular flexibility index (Phi) is 6.21. The van der Waals surface area contributed by atoms with Crippen LogP contribution in [0.3, 0.4) is 0 Å². The fraction of sp³-hybridized carbons (Fsp3) is 0.200. The van der Waals surface area contributed by atoms with Gasteiger partial charge in [-0.25, -0.2) is 8.42 Å². The van der Waals surface area contributed by atoms with Gasteiger partial charge in [0.05, 0.1) is 11.4 Å². The number of nitrogens with zero attached hydrogens (tertiary/aromatic N) is 1. The molecule has 27 heavy (non-hydrogen) atoms. The van der Waals surface area contributed by atoms with E-state index in [0.29, 0.717) is 28.0 Å². The summed E-state index contributed by atoms with van der Waals surface area (Å²) in [5.74, 6) is 0.141. The van der Waals surface area contributed by atoms with E-state index in [9.17, 15) is 8.42 Å². The van der Waals surface area contributed by atoms with Crippen LogP contribution in [0.1, 0.15) is 6.42 Å². The Morgan fingerprint density at radius 3 is 2.19 bits per heavy atom. The molecule has 3 rings (SSSR count). The van der Waals surface area contributed by atoms with Crippen LogP contribution in [-0.4, -0.2) is 25.0 Å². The molecule has 3 nitrogen and oxygen atoms in total. The van der Waals surface area contributed by atoms with Crippen molar-refractivity contribution in [3.8, 4) is 22.4 Å². The highest BCUT2D eigenvalue weighted by Gasteiger charge is 2.16. The second-order valence-corrected chi connectivity index (χ2v) is 9.93. The average Bonchev–Trinajstić information content (AvgIpc) is 2.98. The summed E-state index contributed by atoms with van der Waals surface area (Å²) in [6, 6.07) is 14.9. The Morgan fingerprint density at radius 1 is 0.889 bits per heavy atom. The number of halogens is 3. The molecule has 7 heteroatoms. The first-order valence-electron chi connectivity index (χ1n) is 8.33. The molecule has 0 aliphatic rings. The van der Waals surface area contributed by atoms with Crippen LogP contribution >= 0.6 is 34.8 Å². The lowest BCUT2D eigenvalue weighted by Crippen LogP contribution is -2.07. The SMILES string of the molecule is CS(=O)(=O)CCCn1ccc(-c2ccc(Cl)cc2Cl)c1-c1ccc(Cl)cc1. The highest BCUT2D eigenvalue weighted by Crippen LogP contribution is 2.38. The molecule has 0 fully saturated rings. The molecule has 2 aromatic carbocycles. The summed E-state index contributed by atoms with van der Waals surface area (Å²) in [6.45, 7) is 0.580. The number of hydrogen-bond donors (Lipinski definition) is 0. The van der Waals surface area contributed by atoms with Gasteiger partial charge in [0, 0.05) is 45.2 Å². The Morgan fingerprint density at radius 2 is 1.56 bits per heavy atom. The Labute approximate surface area is 174 Å². The molecule has 0 spiro atoms. The van der Waals surface area contributed by atoms with Crippen LogP contribution in [-0.2, 0) is 16.4 Å². The predicted molar refractivity (Wildman–Crippen MR) is 115 cm³/mol. The molecule has 0 atom stereocenters. The van der Waals surface area contributed by atoms with Gasteiger partial charge < -0.3 is 4.57 Å². The minimum atomic E-state index is -3.00. The summed E-state index contributed by atoms with van der Waals surface area (Å²) in [5.41, 5.74) is 3.76. The summed E-state index contributed by atoms with van der Waals surface area (Å²) in [6.07, 6.45) is 3.73. The van der Waals surface area contributed by atoms with Gasteiger partial charge in [0.25, 0.3) is 0 Å². The molecule has 0 saturated heterocycles. The zero-order valence-electron chi connectivity index (χ0n) is 14.6. The lowest BCUT2D eigenvalue weighted by molar-refractivity contribution is 0.593. The molecule has 0 radical (unpaired) electrons. The minimum Gasteiger partial charge on any atom is -0.347 e. The Hall–Kier alpha value is -1.46. The summed E-state index contributed by atoms with van der Waals surface area (Å²) in [5, 5.41) is 1.79. The van der Waals surface area contributed by atoms with Crippen molar-refractivity contribution in [2.45, 2.75) is 13.0 Å². The standard InChI is InChI=1S/C20H18Cl3NO2S/c1-27(25,26)12-2-10-24-11-9-18(17-8-7-16(22)13-19(17)23)20(24)14-3-5-15(21)6-4-14/h3-9,11,13H,2,10,12H2,1H3. The van der Waals surface area contributed by atoms with Crippen molar-refractivity contribution < 1.29 is 8.42 Å². The first kappa shape index (κ1) is 20.3. The third kappa shape index (κ3) is 5.08. The van der Waals surface area contributed by atoms with E-state index < -0.39 is 9.84 Å². The smallest absolute Gasteiger partial charge is 0.147 e. The van der Waals surface area contributed by atoms with Crippen molar-refractivity contribution in [2.75, 3.05) is 12.0 Å². The van der Waals surface area contributed by atoms with Gasteiger partial charge in [-0.2, -0.15) is 0 Å². The molecule has 0 amide bonds. The third-order valence-electron chi connectivity index (χ3n) is 4.22. The zero-order chi connectivity index (χ0) is 19.6. The van der Waals surface area contributed by atoms with E-state index >= 15 is 0 Å². The van der Waals surface area contributed by atoms with Crippen molar-refractivity contribution in [2.24, 2.45) is 0 Å². The fourth-order valence-corrected chi connectivity index (χ4v) is 4.30. The van der Waals surface area contributed by atoms with Crippen molar-refractivity contribution in [3.05, 3.63) is 69.8 Å². The van der Waals surface area contributed by atoms with E-state index in [-0.39, 0.29) is 5.75 Å². The van der Waals surface area contributed by atoms with Crippen LogP contribution in [0, 0.1) is 0 Å². The number of benzene rings is 2. The molecule has 0 aliphatic heterocycles. The molecule has 0 bridgehead atoms. The topological polar surface area (TPSA) is 39.1 Å². The van der Waals surface area contributed by atoms with Gasteiger partial charge in [-0.15, -0.1) is 0 Å². The van der Waals surface area contributed by atoms with Crippen LogP contribution < -0.4 is 0 Å². The predicted octanol–water partition coefficient (Wildman–Crippen LogP) is 6.22. The van der Waals surface area contributed by atoms with Crippen LogP contribution in [0.25, 0.3) is 22.4 Å². The van der Waals surface area contributed by atoms with Crippen molar-refractivity contribution in [1.82, 2.24) is 4.57 Å². The van der Waals surface area contributed by atoms with Crippen LogP contribution in [0.2, 0.25) is 15.1 Å². The zero-order valence-corrected chi connectivity index (χ0v) is 17.7. The summed E-state index contributed by atoms with van der Waals surface area (Å²) in [7, 11) is -3.00. The molecule has 3 aromatic rings. The van der Waals surface area contributed by atoms with Crippen LogP contribution in [0.5, 0.6) is 0 Å². The van der Waals surface area contributed by atoms with E-state index in [4.69, 9.17) is 34.8 Å². The molecule has 0 unspecified atom stereocenters. The van der Waals surface area contributed by atoms with Gasteiger partial charge in [0.15, 0.2) is 0 Å². The van der Waals surface area contributed by atoms with E-state index in [1.807, 2.05) is 42.6 Å². The number of aromatic nitrogens is 1. The van der Waals surface area contributed by atoms with Gasteiger partial charge in [-0.05, 0) is 42.3 Å². The van der Waals surface area contributed by atoms with Gasteiger partial charge in [0.2, 0.25) is 0 Å². The van der Waals surface area contributed by atoms with Gasteiger partial charge in [0.1, 0.15) is 9.84 Å². The normalized spacial score (nSPS) is 11.7. The molecule has 1 aromatic heterocycles. The summed E-state index contributed by atoms with van der Waals surface area (Å²) in [4.78, 5) is 0. The van der Waals surface area contributed by atoms with Gasteiger partial charge in [-0.3, -0.25) is 0 Å². The quantitative estimate of drug-likeness (QED) is 0.455. The molecular formula is C20H18Cl3NO2S. The number of sulfone groups is 1. The monoisotopic (exact) mass is 441 g/mol.